The molecule has 0 fully saturated rings. The maximum atomic E-state index is 10.9. The minimum atomic E-state index is -0.756. The number of rotatable bonds is 6. The molecule has 2 N–H and O–H groups in total. The second-order valence-electron chi connectivity index (χ2n) is 4.13. The van der Waals surface area contributed by atoms with E-state index in [2.05, 4.69) is 15.5 Å². The third kappa shape index (κ3) is 3.30. The molecule has 1 atom stereocenters. The van der Waals surface area contributed by atoms with Gasteiger partial charge in [-0.3, -0.25) is 9.31 Å². The topological polar surface area (TPSA) is 70.9 Å². The molecule has 98 valence electrons. The summed E-state index contributed by atoms with van der Waals surface area (Å²) < 4.78 is 16.5. The van der Waals surface area contributed by atoms with Crippen molar-refractivity contribution in [3.63, 3.8) is 0 Å². The van der Waals surface area contributed by atoms with Crippen molar-refractivity contribution in [2.75, 3.05) is 18.6 Å². The normalized spacial score (nSPS) is 12.8. The van der Waals surface area contributed by atoms with E-state index in [1.54, 1.807) is 12.5 Å². The molecule has 0 aliphatic rings. The third-order valence-corrected chi connectivity index (χ3v) is 3.37. The second-order valence-corrected chi connectivity index (χ2v) is 5.69. The van der Waals surface area contributed by atoms with E-state index in [0.717, 1.165) is 29.3 Å². The van der Waals surface area contributed by atoms with E-state index in [1.807, 2.05) is 19.1 Å². The maximum Gasteiger partial charge on any atom is 0.152 e. The van der Waals surface area contributed by atoms with Crippen molar-refractivity contribution in [2.24, 2.45) is 0 Å². The summed E-state index contributed by atoms with van der Waals surface area (Å²) in [6, 6.07) is 3.85. The molecule has 0 spiro atoms. The van der Waals surface area contributed by atoms with Crippen LogP contribution in [0.4, 0.5) is 0 Å². The predicted molar refractivity (Wildman–Crippen MR) is 71.7 cm³/mol. The Kier molecular flexibility index (Phi) is 4.33. The molecule has 6 heteroatoms. The lowest BCUT2D eigenvalue weighted by atomic mass is 10.2. The molecule has 0 saturated heterocycles. The highest BCUT2D eigenvalue weighted by atomic mass is 32.2. The standard InChI is InChI=1S/C12H17N3O2S/c1-9-3-4-11(17-9)12-10(8-14-15-12)7-13-5-6-18(2)16/h3-4,8,13H,5-7H2,1-2H3,(H,14,15). The number of nitrogens with one attached hydrogen (secondary N) is 2. The summed E-state index contributed by atoms with van der Waals surface area (Å²) in [4.78, 5) is 0. The van der Waals surface area contributed by atoms with Crippen molar-refractivity contribution in [2.45, 2.75) is 13.5 Å². The monoisotopic (exact) mass is 267 g/mol. The summed E-state index contributed by atoms with van der Waals surface area (Å²) in [5.41, 5.74) is 1.94. The van der Waals surface area contributed by atoms with Gasteiger partial charge in [-0.15, -0.1) is 0 Å². The SMILES string of the molecule is Cc1ccc(-c2[nH]ncc2CNCCS(C)=O)o1. The molecule has 2 aromatic heterocycles. The summed E-state index contributed by atoms with van der Waals surface area (Å²) in [5, 5.41) is 10.2. The van der Waals surface area contributed by atoms with Crippen LogP contribution in [0.3, 0.4) is 0 Å². The Balaban J connectivity index is 1.98. The van der Waals surface area contributed by atoms with E-state index in [4.69, 9.17) is 4.42 Å². The van der Waals surface area contributed by atoms with Gasteiger partial charge in [-0.25, -0.2) is 0 Å². The Morgan fingerprint density at radius 2 is 2.33 bits per heavy atom. The van der Waals surface area contributed by atoms with E-state index in [1.165, 1.54) is 0 Å². The minimum Gasteiger partial charge on any atom is -0.460 e. The van der Waals surface area contributed by atoms with Gasteiger partial charge in [0.2, 0.25) is 0 Å². The van der Waals surface area contributed by atoms with E-state index in [9.17, 15) is 4.21 Å². The van der Waals surface area contributed by atoms with Gasteiger partial charge in [-0.2, -0.15) is 5.10 Å². The zero-order chi connectivity index (χ0) is 13.0. The van der Waals surface area contributed by atoms with Crippen LogP contribution in [-0.2, 0) is 17.3 Å². The third-order valence-electron chi connectivity index (χ3n) is 2.59. The Morgan fingerprint density at radius 1 is 1.50 bits per heavy atom. The lowest BCUT2D eigenvalue weighted by Crippen LogP contribution is -2.19. The number of hydrogen-bond donors (Lipinski definition) is 2. The van der Waals surface area contributed by atoms with Gasteiger partial charge in [0.25, 0.3) is 0 Å². The second kappa shape index (κ2) is 5.97. The molecular formula is C12H17N3O2S. The van der Waals surface area contributed by atoms with Crippen molar-refractivity contribution in [1.82, 2.24) is 15.5 Å². The van der Waals surface area contributed by atoms with Crippen LogP contribution in [0.5, 0.6) is 0 Å². The zero-order valence-electron chi connectivity index (χ0n) is 10.5. The van der Waals surface area contributed by atoms with Gasteiger partial charge in [-0.1, -0.05) is 0 Å². The van der Waals surface area contributed by atoms with Gasteiger partial charge >= 0.3 is 0 Å². The van der Waals surface area contributed by atoms with Crippen LogP contribution in [0.15, 0.2) is 22.7 Å². The van der Waals surface area contributed by atoms with Gasteiger partial charge < -0.3 is 9.73 Å². The highest BCUT2D eigenvalue weighted by molar-refractivity contribution is 7.84. The molecule has 0 aliphatic carbocycles. The first-order chi connectivity index (χ1) is 8.66. The number of hydrogen-bond acceptors (Lipinski definition) is 4. The Bertz CT molecular complexity index is 533. The number of aromatic nitrogens is 2. The molecule has 0 bridgehead atoms. The molecule has 0 radical (unpaired) electrons. The average molecular weight is 267 g/mol. The van der Waals surface area contributed by atoms with Gasteiger partial charge in [0.15, 0.2) is 5.76 Å². The van der Waals surface area contributed by atoms with E-state index in [0.29, 0.717) is 12.3 Å². The van der Waals surface area contributed by atoms with Crippen molar-refractivity contribution < 1.29 is 8.63 Å². The first-order valence-electron chi connectivity index (χ1n) is 5.76. The maximum absolute atomic E-state index is 10.9. The molecule has 0 saturated carbocycles. The average Bonchev–Trinajstić information content (AvgIpc) is 2.92. The number of nitrogens with zero attached hydrogens (tertiary/aromatic N) is 1. The summed E-state index contributed by atoms with van der Waals surface area (Å²) in [5.74, 6) is 2.33. The van der Waals surface area contributed by atoms with Gasteiger partial charge in [0, 0.05) is 41.5 Å². The van der Waals surface area contributed by atoms with Crippen LogP contribution in [0.1, 0.15) is 11.3 Å². The molecule has 18 heavy (non-hydrogen) atoms. The van der Waals surface area contributed by atoms with Crippen molar-refractivity contribution in [1.29, 1.82) is 0 Å². The van der Waals surface area contributed by atoms with Gasteiger partial charge in [0.05, 0.1) is 6.20 Å². The lowest BCUT2D eigenvalue weighted by Gasteiger charge is -2.03. The summed E-state index contributed by atoms with van der Waals surface area (Å²) in [7, 11) is -0.756. The largest absolute Gasteiger partial charge is 0.460 e. The summed E-state index contributed by atoms with van der Waals surface area (Å²) >= 11 is 0. The fourth-order valence-corrected chi connectivity index (χ4v) is 2.10. The molecule has 2 aromatic rings. The number of furan rings is 1. The highest BCUT2D eigenvalue weighted by Gasteiger charge is 2.10. The smallest absolute Gasteiger partial charge is 0.152 e. The molecule has 1 unspecified atom stereocenters. The fraction of sp³-hybridized carbons (Fsp3) is 0.417. The first kappa shape index (κ1) is 13.0. The van der Waals surface area contributed by atoms with Crippen LogP contribution in [0, 0.1) is 6.92 Å². The quantitative estimate of drug-likeness (QED) is 0.777. The molecule has 0 amide bonds. The molecule has 2 rings (SSSR count). The van der Waals surface area contributed by atoms with E-state index >= 15 is 0 Å². The van der Waals surface area contributed by atoms with Gasteiger partial charge in [-0.05, 0) is 19.1 Å². The van der Waals surface area contributed by atoms with Crippen molar-refractivity contribution in [3.8, 4) is 11.5 Å². The highest BCUT2D eigenvalue weighted by Crippen LogP contribution is 2.22. The Hall–Kier alpha value is -1.40. The van der Waals surface area contributed by atoms with Crippen molar-refractivity contribution >= 4 is 10.8 Å². The number of H-pyrrole nitrogens is 1. The van der Waals surface area contributed by atoms with Crippen molar-refractivity contribution in [3.05, 3.63) is 29.7 Å². The van der Waals surface area contributed by atoms with Crippen LogP contribution >= 0.6 is 0 Å². The first-order valence-corrected chi connectivity index (χ1v) is 7.49. The molecule has 0 aromatic carbocycles. The minimum absolute atomic E-state index is 0.660. The Morgan fingerprint density at radius 3 is 3.00 bits per heavy atom. The van der Waals surface area contributed by atoms with Gasteiger partial charge in [0.1, 0.15) is 11.5 Å². The van der Waals surface area contributed by atoms with Crippen LogP contribution < -0.4 is 5.32 Å². The zero-order valence-corrected chi connectivity index (χ0v) is 11.3. The van der Waals surface area contributed by atoms with Crippen LogP contribution in [0.2, 0.25) is 0 Å². The van der Waals surface area contributed by atoms with E-state index < -0.39 is 10.8 Å². The molecule has 5 nitrogen and oxygen atoms in total. The van der Waals surface area contributed by atoms with E-state index in [-0.39, 0.29) is 0 Å². The Labute approximate surface area is 108 Å². The summed E-state index contributed by atoms with van der Waals surface area (Å²) in [6.07, 6.45) is 3.49. The van der Waals surface area contributed by atoms with Crippen LogP contribution in [-0.4, -0.2) is 33.0 Å². The summed E-state index contributed by atoms with van der Waals surface area (Å²) in [6.45, 7) is 3.32. The molecular weight excluding hydrogens is 250 g/mol. The molecule has 2 heterocycles. The predicted octanol–water partition coefficient (Wildman–Crippen LogP) is 1.45. The number of aromatic amines is 1. The lowest BCUT2D eigenvalue weighted by molar-refractivity contribution is 0.545. The molecule has 0 aliphatic heterocycles. The fourth-order valence-electron chi connectivity index (χ4n) is 1.67. The van der Waals surface area contributed by atoms with Crippen LogP contribution in [0.25, 0.3) is 11.5 Å². The number of aryl methyl sites for hydroxylation is 1.